The van der Waals surface area contributed by atoms with Gasteiger partial charge < -0.3 is 15.0 Å². The van der Waals surface area contributed by atoms with Gasteiger partial charge in [0, 0.05) is 27.2 Å². The fraction of sp³-hybridized carbons (Fsp3) is 0.500. The van der Waals surface area contributed by atoms with Crippen molar-refractivity contribution in [2.24, 2.45) is 4.99 Å². The Bertz CT molecular complexity index is 469. The van der Waals surface area contributed by atoms with Gasteiger partial charge in [0.15, 0.2) is 5.96 Å². The molecule has 1 rings (SSSR count). The van der Waals surface area contributed by atoms with Crippen molar-refractivity contribution in [3.8, 4) is 0 Å². The highest BCUT2D eigenvalue weighted by Crippen LogP contribution is 2.07. The highest BCUT2D eigenvalue weighted by Gasteiger charge is 2.07. The summed E-state index contributed by atoms with van der Waals surface area (Å²) in [6.07, 6.45) is 1.38. The van der Waals surface area contributed by atoms with Gasteiger partial charge in [-0.25, -0.2) is 0 Å². The van der Waals surface area contributed by atoms with E-state index in [0.717, 1.165) is 18.9 Å². The average Bonchev–Trinajstić information content (AvgIpc) is 2.51. The second kappa shape index (κ2) is 9.00. The molecule has 0 aliphatic heterocycles. The molecule has 0 heterocycles. The highest BCUT2D eigenvalue weighted by atomic mass is 16.5. The molecule has 0 amide bonds. The maximum absolute atomic E-state index is 11.1. The van der Waals surface area contributed by atoms with E-state index in [1.807, 2.05) is 11.9 Å². The van der Waals surface area contributed by atoms with Gasteiger partial charge in [-0.15, -0.1) is 0 Å². The number of carbonyl (C=O) groups is 1. The first kappa shape index (κ1) is 17.0. The number of methoxy groups -OCH3 is 1. The van der Waals surface area contributed by atoms with Crippen LogP contribution in [-0.2, 0) is 22.5 Å². The lowest BCUT2D eigenvalue weighted by atomic mass is 10.1. The average molecular weight is 291 g/mol. The topological polar surface area (TPSA) is 53.9 Å². The van der Waals surface area contributed by atoms with E-state index in [1.54, 1.807) is 7.05 Å². The SMILES string of the molecule is CCc1ccc(CN(C)C(=NC)NCCC(=O)OC)cc1. The van der Waals surface area contributed by atoms with Gasteiger partial charge in [0.25, 0.3) is 0 Å². The third-order valence-electron chi connectivity index (χ3n) is 3.26. The summed E-state index contributed by atoms with van der Waals surface area (Å²) < 4.78 is 4.61. The molecule has 0 aliphatic rings. The molecular weight excluding hydrogens is 266 g/mol. The summed E-state index contributed by atoms with van der Waals surface area (Å²) >= 11 is 0. The lowest BCUT2D eigenvalue weighted by Gasteiger charge is -2.22. The van der Waals surface area contributed by atoms with Crippen LogP contribution in [0, 0.1) is 0 Å². The van der Waals surface area contributed by atoms with Crippen molar-refractivity contribution in [2.45, 2.75) is 26.3 Å². The molecule has 1 N–H and O–H groups in total. The van der Waals surface area contributed by atoms with Crippen molar-refractivity contribution in [2.75, 3.05) is 27.7 Å². The Morgan fingerprint density at radius 2 is 1.90 bits per heavy atom. The standard InChI is InChI=1S/C16H25N3O2/c1-5-13-6-8-14(9-7-13)12-19(3)16(17-2)18-11-10-15(20)21-4/h6-9H,5,10-12H2,1-4H3,(H,17,18). The molecule has 1 aromatic rings. The molecule has 0 unspecified atom stereocenters. The molecule has 0 spiro atoms. The number of carbonyl (C=O) groups excluding carboxylic acids is 1. The minimum absolute atomic E-state index is 0.226. The predicted molar refractivity (Wildman–Crippen MR) is 85.3 cm³/mol. The minimum atomic E-state index is -0.226. The second-order valence-corrected chi connectivity index (χ2v) is 4.83. The van der Waals surface area contributed by atoms with Crippen LogP contribution in [0.5, 0.6) is 0 Å². The van der Waals surface area contributed by atoms with Crippen LogP contribution in [0.4, 0.5) is 0 Å². The van der Waals surface area contributed by atoms with Crippen LogP contribution >= 0.6 is 0 Å². The molecule has 0 saturated carbocycles. The summed E-state index contributed by atoms with van der Waals surface area (Å²) in [5.41, 5.74) is 2.56. The largest absolute Gasteiger partial charge is 0.469 e. The molecule has 5 heteroatoms. The highest BCUT2D eigenvalue weighted by molar-refractivity contribution is 5.80. The van der Waals surface area contributed by atoms with E-state index in [0.29, 0.717) is 13.0 Å². The monoisotopic (exact) mass is 291 g/mol. The van der Waals surface area contributed by atoms with Gasteiger partial charge in [0.05, 0.1) is 13.5 Å². The molecule has 21 heavy (non-hydrogen) atoms. The van der Waals surface area contributed by atoms with E-state index in [9.17, 15) is 4.79 Å². The fourth-order valence-corrected chi connectivity index (χ4v) is 1.99. The lowest BCUT2D eigenvalue weighted by Crippen LogP contribution is -2.39. The Labute approximate surface area is 127 Å². The number of benzene rings is 1. The molecule has 1 aromatic carbocycles. The summed E-state index contributed by atoms with van der Waals surface area (Å²) in [4.78, 5) is 17.3. The lowest BCUT2D eigenvalue weighted by molar-refractivity contribution is -0.140. The Hall–Kier alpha value is -2.04. The number of guanidine groups is 1. The van der Waals surface area contributed by atoms with E-state index in [2.05, 4.69) is 46.2 Å². The number of hydrogen-bond acceptors (Lipinski definition) is 3. The van der Waals surface area contributed by atoms with Crippen molar-refractivity contribution >= 4 is 11.9 Å². The number of aliphatic imine (C=N–C) groups is 1. The molecular formula is C16H25N3O2. The maximum atomic E-state index is 11.1. The summed E-state index contributed by atoms with van der Waals surface area (Å²) in [7, 11) is 5.10. The van der Waals surface area contributed by atoms with Gasteiger partial charge in [0.1, 0.15) is 0 Å². The van der Waals surface area contributed by atoms with Crippen molar-refractivity contribution in [3.63, 3.8) is 0 Å². The second-order valence-electron chi connectivity index (χ2n) is 4.83. The summed E-state index contributed by atoms with van der Waals surface area (Å²) in [6, 6.07) is 8.57. The van der Waals surface area contributed by atoms with Crippen LogP contribution in [0.15, 0.2) is 29.3 Å². The van der Waals surface area contributed by atoms with E-state index >= 15 is 0 Å². The van der Waals surface area contributed by atoms with Crippen molar-refractivity contribution in [3.05, 3.63) is 35.4 Å². The first-order chi connectivity index (χ1) is 10.1. The Kier molecular flexibility index (Phi) is 7.29. The van der Waals surface area contributed by atoms with Crippen molar-refractivity contribution < 1.29 is 9.53 Å². The van der Waals surface area contributed by atoms with E-state index in [4.69, 9.17) is 0 Å². The summed E-state index contributed by atoms with van der Waals surface area (Å²) in [5, 5.41) is 3.15. The molecule has 5 nitrogen and oxygen atoms in total. The van der Waals surface area contributed by atoms with Gasteiger partial charge in [-0.3, -0.25) is 9.79 Å². The van der Waals surface area contributed by atoms with E-state index in [-0.39, 0.29) is 5.97 Å². The Balaban J connectivity index is 2.50. The normalized spacial score (nSPS) is 11.1. The molecule has 0 atom stereocenters. The molecule has 0 radical (unpaired) electrons. The molecule has 0 bridgehead atoms. The number of hydrogen-bond donors (Lipinski definition) is 1. The zero-order chi connectivity index (χ0) is 15.7. The van der Waals surface area contributed by atoms with Crippen LogP contribution in [0.25, 0.3) is 0 Å². The minimum Gasteiger partial charge on any atom is -0.469 e. The smallest absolute Gasteiger partial charge is 0.307 e. The molecule has 0 aliphatic carbocycles. The number of nitrogens with one attached hydrogen (secondary N) is 1. The Morgan fingerprint density at radius 3 is 2.43 bits per heavy atom. The molecule has 116 valence electrons. The van der Waals surface area contributed by atoms with Crippen molar-refractivity contribution in [1.29, 1.82) is 0 Å². The number of aryl methyl sites for hydroxylation is 1. The van der Waals surface area contributed by atoms with Gasteiger partial charge in [0.2, 0.25) is 0 Å². The van der Waals surface area contributed by atoms with Crippen LogP contribution < -0.4 is 5.32 Å². The number of rotatable bonds is 6. The molecule has 0 saturated heterocycles. The third kappa shape index (κ3) is 5.85. The van der Waals surface area contributed by atoms with Crippen LogP contribution in [0.1, 0.15) is 24.5 Å². The zero-order valence-corrected chi connectivity index (χ0v) is 13.3. The van der Waals surface area contributed by atoms with Crippen molar-refractivity contribution in [1.82, 2.24) is 10.2 Å². The van der Waals surface area contributed by atoms with Gasteiger partial charge in [-0.2, -0.15) is 0 Å². The van der Waals surface area contributed by atoms with E-state index < -0.39 is 0 Å². The van der Waals surface area contributed by atoms with E-state index in [1.165, 1.54) is 18.2 Å². The molecule has 0 aromatic heterocycles. The number of ether oxygens (including phenoxy) is 1. The quantitative estimate of drug-likeness (QED) is 0.493. The Morgan fingerprint density at radius 1 is 1.29 bits per heavy atom. The summed E-state index contributed by atoms with van der Waals surface area (Å²) in [6.45, 7) is 3.43. The van der Waals surface area contributed by atoms with Crippen LogP contribution in [0.3, 0.4) is 0 Å². The maximum Gasteiger partial charge on any atom is 0.307 e. The third-order valence-corrected chi connectivity index (χ3v) is 3.26. The van der Waals surface area contributed by atoms with Crippen LogP contribution in [0.2, 0.25) is 0 Å². The zero-order valence-electron chi connectivity index (χ0n) is 13.3. The molecule has 0 fully saturated rings. The predicted octanol–water partition coefficient (Wildman–Crippen LogP) is 1.82. The first-order valence-corrected chi connectivity index (χ1v) is 7.17. The number of nitrogens with zero attached hydrogens (tertiary/aromatic N) is 2. The first-order valence-electron chi connectivity index (χ1n) is 7.17. The fourth-order valence-electron chi connectivity index (χ4n) is 1.99. The number of esters is 1. The van der Waals surface area contributed by atoms with Gasteiger partial charge in [-0.1, -0.05) is 31.2 Å². The van der Waals surface area contributed by atoms with Crippen LogP contribution in [-0.4, -0.2) is 44.6 Å². The van der Waals surface area contributed by atoms with Gasteiger partial charge >= 0.3 is 5.97 Å². The summed E-state index contributed by atoms with van der Waals surface area (Å²) in [5.74, 6) is 0.536. The van der Waals surface area contributed by atoms with Gasteiger partial charge in [-0.05, 0) is 17.5 Å².